The van der Waals surface area contributed by atoms with Crippen LogP contribution in [0.2, 0.25) is 6.32 Å². The Balaban J connectivity index is 2.30. The SMILES string of the molecule is [B][11CH2]C=O. The molecule has 0 fully saturated rings. The fourth-order valence-corrected chi connectivity index (χ4v) is 0. The van der Waals surface area contributed by atoms with E-state index in [0.29, 0.717) is 6.29 Å². The third-order valence-corrected chi connectivity index (χ3v) is 0.0962. The summed E-state index contributed by atoms with van der Waals surface area (Å²) in [4.78, 5) is 9.05. The topological polar surface area (TPSA) is 17.1 Å². The first-order valence-corrected chi connectivity index (χ1v) is 1.05. The number of carbonyl (C=O) groups excluding carboxylic acids is 1. The van der Waals surface area contributed by atoms with Crippen molar-refractivity contribution in [1.82, 2.24) is 0 Å². The average Bonchev–Trinajstić information content (AvgIpc) is 1.37. The Morgan fingerprint density at radius 3 is 2.25 bits per heavy atom. The smallest absolute Gasteiger partial charge is 0.111 e. The first kappa shape index (κ1) is 3.73. The Hall–Kier alpha value is -0.265. The van der Waals surface area contributed by atoms with Gasteiger partial charge < -0.3 is 4.79 Å². The van der Waals surface area contributed by atoms with Gasteiger partial charge in [-0.1, -0.05) is 0 Å². The van der Waals surface area contributed by atoms with E-state index in [4.69, 9.17) is 4.79 Å². The molecule has 0 saturated carbocycles. The molecule has 0 aromatic carbocycles. The van der Waals surface area contributed by atoms with E-state index in [1.165, 1.54) is 0 Å². The van der Waals surface area contributed by atoms with Gasteiger partial charge in [0.05, 0.1) is 7.85 Å². The Bertz CT molecular complexity index is 20.0. The summed E-state index contributed by atoms with van der Waals surface area (Å²) in [5, 5.41) is 0. The number of hydrogen-bond donors (Lipinski definition) is 0. The normalized spacial score (nSPS) is 6.00. The summed E-state index contributed by atoms with van der Waals surface area (Å²) in [7, 11) is 4.66. The average molecular weight is 52.9 g/mol. The van der Waals surface area contributed by atoms with Gasteiger partial charge in [0.1, 0.15) is 6.29 Å². The summed E-state index contributed by atoms with van der Waals surface area (Å²) in [5.41, 5.74) is 0. The second-order valence-electron chi connectivity index (χ2n) is 0.402. The monoisotopic (exact) mass is 53.0 g/mol. The highest BCUT2D eigenvalue weighted by Crippen LogP contribution is 1.46. The first-order valence-electron chi connectivity index (χ1n) is 1.05. The molecule has 0 aliphatic carbocycles. The minimum Gasteiger partial charge on any atom is -0.304 e. The molecular weight excluding hydrogens is 49.8 g/mol. The van der Waals surface area contributed by atoms with Crippen LogP contribution in [-0.2, 0) is 4.79 Å². The van der Waals surface area contributed by atoms with Crippen LogP contribution in [0.25, 0.3) is 0 Å². The number of carbonyl (C=O) groups is 1. The van der Waals surface area contributed by atoms with Crippen molar-refractivity contribution >= 4 is 14.1 Å². The zero-order valence-corrected chi connectivity index (χ0v) is 2.27. The first-order chi connectivity index (χ1) is 1.91. The predicted octanol–water partition coefficient (Wildman–Crippen LogP) is -0.228. The van der Waals surface area contributed by atoms with Crippen LogP contribution in [0.4, 0.5) is 0 Å². The van der Waals surface area contributed by atoms with E-state index in [1.807, 2.05) is 0 Å². The summed E-state index contributed by atoms with van der Waals surface area (Å²) < 4.78 is 0. The van der Waals surface area contributed by atoms with Crippen molar-refractivity contribution < 1.29 is 4.79 Å². The van der Waals surface area contributed by atoms with E-state index in [1.54, 1.807) is 0 Å². The van der Waals surface area contributed by atoms with Gasteiger partial charge in [-0.05, 0) is 6.32 Å². The molecule has 0 unspecified atom stereocenters. The van der Waals surface area contributed by atoms with E-state index in [0.717, 1.165) is 0 Å². The predicted molar refractivity (Wildman–Crippen MR) is 16.6 cm³/mol. The van der Waals surface area contributed by atoms with Gasteiger partial charge in [0.15, 0.2) is 0 Å². The van der Waals surface area contributed by atoms with E-state index < -0.39 is 0 Å². The zero-order chi connectivity index (χ0) is 3.41. The molecule has 0 bridgehead atoms. The van der Waals surface area contributed by atoms with Crippen molar-refractivity contribution in [3.8, 4) is 0 Å². The molecule has 2 radical (unpaired) electrons. The largest absolute Gasteiger partial charge is 0.304 e. The second kappa shape index (κ2) is 2.73. The Morgan fingerprint density at radius 1 is 2.00 bits per heavy atom. The number of hydrogen-bond acceptors (Lipinski definition) is 1. The van der Waals surface area contributed by atoms with Crippen LogP contribution in [0.3, 0.4) is 0 Å². The molecule has 0 amide bonds. The molecule has 0 aromatic heterocycles. The van der Waals surface area contributed by atoms with Crippen molar-refractivity contribution in [3.63, 3.8) is 0 Å². The molecule has 2 heteroatoms. The molecule has 0 aliphatic rings. The number of aldehydes is 1. The van der Waals surface area contributed by atoms with Crippen molar-refractivity contribution in [3.05, 3.63) is 0 Å². The summed E-state index contributed by atoms with van der Waals surface area (Å²) in [5.74, 6) is 0. The van der Waals surface area contributed by atoms with Crippen molar-refractivity contribution in [2.24, 2.45) is 0 Å². The van der Waals surface area contributed by atoms with Crippen molar-refractivity contribution in [1.29, 1.82) is 0 Å². The van der Waals surface area contributed by atoms with Crippen LogP contribution in [0, 0.1) is 0 Å². The lowest BCUT2D eigenvalue weighted by Gasteiger charge is -1.50. The molecule has 1 nitrogen and oxygen atoms in total. The third kappa shape index (κ3) is 1.73. The zero-order valence-electron chi connectivity index (χ0n) is 2.27. The van der Waals surface area contributed by atoms with Crippen molar-refractivity contribution in [2.75, 3.05) is 0 Å². The Morgan fingerprint density at radius 2 is 2.25 bits per heavy atom. The van der Waals surface area contributed by atoms with Crippen LogP contribution in [0.5, 0.6) is 0 Å². The van der Waals surface area contributed by atoms with Gasteiger partial charge in [-0.3, -0.25) is 0 Å². The lowest BCUT2D eigenvalue weighted by atomic mass is 9.68. The molecule has 0 saturated heterocycles. The molecule has 4 heavy (non-hydrogen) atoms. The summed E-state index contributed by atoms with van der Waals surface area (Å²) in [6.45, 7) is 0. The summed E-state index contributed by atoms with van der Waals surface area (Å²) in [6, 6.07) is 0. The van der Waals surface area contributed by atoms with Gasteiger partial charge in [-0.2, -0.15) is 0 Å². The molecule has 0 aliphatic heterocycles. The fraction of sp³-hybridized carbons (Fsp3) is 0.500. The summed E-state index contributed by atoms with van der Waals surface area (Å²) >= 11 is 0. The minimum atomic E-state index is 0.139. The molecule has 0 rings (SSSR count). The van der Waals surface area contributed by atoms with Gasteiger partial charge in [0.25, 0.3) is 0 Å². The molecule has 0 N–H and O–H groups in total. The van der Waals surface area contributed by atoms with Gasteiger partial charge in [-0.25, -0.2) is 0 Å². The van der Waals surface area contributed by atoms with Crippen LogP contribution >= 0.6 is 0 Å². The second-order valence-corrected chi connectivity index (χ2v) is 0.402. The van der Waals surface area contributed by atoms with Gasteiger partial charge >= 0.3 is 0 Å². The molecule has 0 atom stereocenters. The van der Waals surface area contributed by atoms with E-state index >= 15 is 0 Å². The lowest BCUT2D eigenvalue weighted by molar-refractivity contribution is -0.106. The van der Waals surface area contributed by atoms with Crippen LogP contribution in [0.15, 0.2) is 0 Å². The van der Waals surface area contributed by atoms with Crippen LogP contribution < -0.4 is 0 Å². The minimum absolute atomic E-state index is 0.139. The third-order valence-electron chi connectivity index (χ3n) is 0.0962. The maximum absolute atomic E-state index is 9.05. The highest BCUT2D eigenvalue weighted by Gasteiger charge is 1.53. The van der Waals surface area contributed by atoms with Crippen LogP contribution in [0.1, 0.15) is 0 Å². The maximum atomic E-state index is 9.05. The highest BCUT2D eigenvalue weighted by atomic mass is 16.1. The molecule has 0 spiro atoms. The van der Waals surface area contributed by atoms with Crippen LogP contribution in [-0.4, -0.2) is 14.1 Å². The van der Waals surface area contributed by atoms with E-state index in [2.05, 4.69) is 7.85 Å². The molecular formula is C2H3BO. The van der Waals surface area contributed by atoms with Crippen molar-refractivity contribution in [2.45, 2.75) is 6.32 Å². The van der Waals surface area contributed by atoms with E-state index in [-0.39, 0.29) is 6.32 Å². The quantitative estimate of drug-likeness (QED) is 0.298. The highest BCUT2D eigenvalue weighted by molar-refractivity contribution is 6.15. The standard InChI is InChI=1S/C2H3BO/c3-1-2-4/h2H,1H2/i1-1. The van der Waals surface area contributed by atoms with Gasteiger partial charge in [0, 0.05) is 0 Å². The Kier molecular flexibility index (Phi) is 2.55. The molecule has 0 aromatic rings. The molecule has 0 heterocycles. The lowest BCUT2D eigenvalue weighted by Crippen LogP contribution is -1.61. The maximum Gasteiger partial charge on any atom is 0.111 e. The summed E-state index contributed by atoms with van der Waals surface area (Å²) in [6.07, 6.45) is 0.792. The number of rotatable bonds is 1. The van der Waals surface area contributed by atoms with E-state index in [9.17, 15) is 0 Å². The fourth-order valence-electron chi connectivity index (χ4n) is 0. The van der Waals surface area contributed by atoms with Gasteiger partial charge in [-0.15, -0.1) is 0 Å². The van der Waals surface area contributed by atoms with Gasteiger partial charge in [0.2, 0.25) is 0 Å². The Labute approximate surface area is 26.4 Å². The molecule has 20 valence electrons.